The zero-order valence-electron chi connectivity index (χ0n) is 9.79. The van der Waals surface area contributed by atoms with Crippen molar-refractivity contribution >= 4 is 0 Å². The molecule has 2 atom stereocenters. The molecule has 0 aromatic rings. The fourth-order valence-electron chi connectivity index (χ4n) is 4.10. The summed E-state index contributed by atoms with van der Waals surface area (Å²) in [6, 6.07) is 0. The second-order valence-corrected chi connectivity index (χ2v) is 5.51. The number of hydrogen-bond acceptors (Lipinski definition) is 1. The SMILES string of the molecule is CC(C)C1(C(C)C)C2C=COCC1C2. The molecule has 3 rings (SSSR count). The maximum absolute atomic E-state index is 5.52. The zero-order chi connectivity index (χ0) is 10.3. The third-order valence-electron chi connectivity index (χ3n) is 4.59. The van der Waals surface area contributed by atoms with Crippen LogP contribution in [-0.2, 0) is 4.74 Å². The normalized spacial score (nSPS) is 33.9. The van der Waals surface area contributed by atoms with Crippen molar-refractivity contribution in [1.29, 1.82) is 0 Å². The Morgan fingerprint density at radius 3 is 2.43 bits per heavy atom. The number of hydrogen-bond donors (Lipinski definition) is 0. The van der Waals surface area contributed by atoms with Gasteiger partial charge < -0.3 is 4.74 Å². The smallest absolute Gasteiger partial charge is 0.0907 e. The van der Waals surface area contributed by atoms with E-state index in [1.807, 2.05) is 6.26 Å². The largest absolute Gasteiger partial charge is 0.501 e. The van der Waals surface area contributed by atoms with E-state index in [-0.39, 0.29) is 0 Å². The Morgan fingerprint density at radius 1 is 1.21 bits per heavy atom. The first-order valence-corrected chi connectivity index (χ1v) is 5.88. The summed E-state index contributed by atoms with van der Waals surface area (Å²) < 4.78 is 5.52. The summed E-state index contributed by atoms with van der Waals surface area (Å²) in [6.07, 6.45) is 5.56. The first kappa shape index (κ1) is 10.1. The molecule has 3 aliphatic rings. The zero-order valence-corrected chi connectivity index (χ0v) is 9.79. The first-order valence-electron chi connectivity index (χ1n) is 5.88. The van der Waals surface area contributed by atoms with E-state index in [9.17, 15) is 0 Å². The molecule has 1 aliphatic carbocycles. The minimum Gasteiger partial charge on any atom is -0.501 e. The van der Waals surface area contributed by atoms with Crippen molar-refractivity contribution in [1.82, 2.24) is 0 Å². The van der Waals surface area contributed by atoms with E-state index in [2.05, 4.69) is 33.8 Å². The molecule has 14 heavy (non-hydrogen) atoms. The lowest BCUT2D eigenvalue weighted by atomic mass is 9.44. The third-order valence-corrected chi connectivity index (χ3v) is 4.59. The first-order chi connectivity index (χ1) is 6.60. The van der Waals surface area contributed by atoms with E-state index in [0.717, 1.165) is 30.3 Å². The van der Waals surface area contributed by atoms with Crippen LogP contribution in [0.5, 0.6) is 0 Å². The molecule has 0 amide bonds. The quantitative estimate of drug-likeness (QED) is 0.654. The average Bonchev–Trinajstić information content (AvgIpc) is 2.34. The predicted octanol–water partition coefficient (Wildman–Crippen LogP) is 3.46. The van der Waals surface area contributed by atoms with E-state index >= 15 is 0 Å². The van der Waals surface area contributed by atoms with Crippen LogP contribution in [0.3, 0.4) is 0 Å². The number of fused-ring (bicyclic) bond motifs is 2. The summed E-state index contributed by atoms with van der Waals surface area (Å²) in [7, 11) is 0. The van der Waals surface area contributed by atoms with Crippen molar-refractivity contribution in [3.63, 3.8) is 0 Å². The van der Waals surface area contributed by atoms with Gasteiger partial charge in [0.15, 0.2) is 0 Å². The standard InChI is InChI=1S/C13H22O/c1-9(2)13(10(3)4)11-5-6-14-8-12(13)7-11/h5-6,9-12H,7-8H2,1-4H3. The fraction of sp³-hybridized carbons (Fsp3) is 0.846. The Balaban J connectivity index is 2.32. The summed E-state index contributed by atoms with van der Waals surface area (Å²) in [4.78, 5) is 0. The van der Waals surface area contributed by atoms with Gasteiger partial charge in [0.05, 0.1) is 12.9 Å². The summed E-state index contributed by atoms with van der Waals surface area (Å²) in [5.74, 6) is 3.06. The summed E-state index contributed by atoms with van der Waals surface area (Å²) in [6.45, 7) is 10.4. The summed E-state index contributed by atoms with van der Waals surface area (Å²) in [5, 5.41) is 0. The van der Waals surface area contributed by atoms with Crippen LogP contribution in [0, 0.1) is 29.1 Å². The highest BCUT2D eigenvalue weighted by atomic mass is 16.5. The van der Waals surface area contributed by atoms with Gasteiger partial charge in [-0.25, -0.2) is 0 Å². The van der Waals surface area contributed by atoms with Crippen LogP contribution < -0.4 is 0 Å². The lowest BCUT2D eigenvalue weighted by molar-refractivity contribution is -0.119. The molecule has 2 heterocycles. The van der Waals surface area contributed by atoms with Gasteiger partial charge in [-0.2, -0.15) is 0 Å². The minimum atomic E-state index is 0.507. The number of allylic oxidation sites excluding steroid dienone is 1. The highest BCUT2D eigenvalue weighted by Crippen LogP contribution is 2.62. The molecule has 2 aliphatic heterocycles. The molecule has 1 nitrogen and oxygen atoms in total. The van der Waals surface area contributed by atoms with Crippen LogP contribution in [-0.4, -0.2) is 6.61 Å². The molecule has 1 heteroatoms. The molecule has 0 spiro atoms. The van der Waals surface area contributed by atoms with E-state index in [4.69, 9.17) is 4.74 Å². The Morgan fingerprint density at radius 2 is 1.86 bits per heavy atom. The van der Waals surface area contributed by atoms with Gasteiger partial charge in [0.2, 0.25) is 0 Å². The fourth-order valence-corrected chi connectivity index (χ4v) is 4.10. The van der Waals surface area contributed by atoms with Crippen molar-refractivity contribution in [2.75, 3.05) is 6.61 Å². The van der Waals surface area contributed by atoms with E-state index in [1.54, 1.807) is 0 Å². The second-order valence-electron chi connectivity index (χ2n) is 5.51. The van der Waals surface area contributed by atoms with Gasteiger partial charge in [-0.05, 0) is 35.7 Å². The van der Waals surface area contributed by atoms with Crippen molar-refractivity contribution in [3.8, 4) is 0 Å². The van der Waals surface area contributed by atoms with Gasteiger partial charge in [-0.15, -0.1) is 0 Å². The minimum absolute atomic E-state index is 0.507. The van der Waals surface area contributed by atoms with Crippen molar-refractivity contribution in [2.45, 2.75) is 34.1 Å². The highest BCUT2D eigenvalue weighted by molar-refractivity contribution is 5.13. The maximum Gasteiger partial charge on any atom is 0.0907 e. The van der Waals surface area contributed by atoms with Crippen LogP contribution in [0.2, 0.25) is 0 Å². The van der Waals surface area contributed by atoms with Crippen LogP contribution in [0.4, 0.5) is 0 Å². The van der Waals surface area contributed by atoms with Gasteiger partial charge in [-0.1, -0.05) is 27.7 Å². The Labute approximate surface area is 87.5 Å². The number of ether oxygens (including phenoxy) is 1. The average molecular weight is 194 g/mol. The molecule has 2 unspecified atom stereocenters. The second kappa shape index (κ2) is 3.29. The lowest BCUT2D eigenvalue weighted by Crippen LogP contribution is -2.56. The molecule has 0 radical (unpaired) electrons. The lowest BCUT2D eigenvalue weighted by Gasteiger charge is -2.59. The molecule has 0 aromatic heterocycles. The van der Waals surface area contributed by atoms with Crippen molar-refractivity contribution < 1.29 is 4.74 Å². The summed E-state index contributed by atoms with van der Waals surface area (Å²) >= 11 is 0. The molecule has 80 valence electrons. The van der Waals surface area contributed by atoms with E-state index in [1.165, 1.54) is 6.42 Å². The van der Waals surface area contributed by atoms with Crippen LogP contribution in [0.1, 0.15) is 34.1 Å². The molecule has 1 fully saturated rings. The van der Waals surface area contributed by atoms with Crippen molar-refractivity contribution in [3.05, 3.63) is 12.3 Å². The van der Waals surface area contributed by atoms with E-state index in [0.29, 0.717) is 5.41 Å². The van der Waals surface area contributed by atoms with E-state index < -0.39 is 0 Å². The van der Waals surface area contributed by atoms with Crippen LogP contribution in [0.15, 0.2) is 12.3 Å². The molecular weight excluding hydrogens is 172 g/mol. The Hall–Kier alpha value is -0.460. The molecule has 0 N–H and O–H groups in total. The Bertz CT molecular complexity index is 230. The predicted molar refractivity (Wildman–Crippen MR) is 58.8 cm³/mol. The van der Waals surface area contributed by atoms with Gasteiger partial charge in [0.1, 0.15) is 0 Å². The van der Waals surface area contributed by atoms with Crippen molar-refractivity contribution in [2.24, 2.45) is 29.1 Å². The van der Waals surface area contributed by atoms with Crippen LogP contribution in [0.25, 0.3) is 0 Å². The van der Waals surface area contributed by atoms with Gasteiger partial charge >= 0.3 is 0 Å². The van der Waals surface area contributed by atoms with Gasteiger partial charge in [-0.3, -0.25) is 0 Å². The van der Waals surface area contributed by atoms with Gasteiger partial charge in [0, 0.05) is 5.92 Å². The summed E-state index contributed by atoms with van der Waals surface area (Å²) in [5.41, 5.74) is 0.507. The Kier molecular flexibility index (Phi) is 2.36. The highest BCUT2D eigenvalue weighted by Gasteiger charge is 2.57. The van der Waals surface area contributed by atoms with Crippen LogP contribution >= 0.6 is 0 Å². The molecule has 0 aromatic carbocycles. The third kappa shape index (κ3) is 1.07. The maximum atomic E-state index is 5.52. The number of rotatable bonds is 2. The molecule has 1 saturated carbocycles. The topological polar surface area (TPSA) is 9.23 Å². The molecular formula is C13H22O. The monoisotopic (exact) mass is 194 g/mol. The van der Waals surface area contributed by atoms with Gasteiger partial charge in [0.25, 0.3) is 0 Å². The molecule has 2 bridgehead atoms. The molecule has 0 saturated heterocycles.